The van der Waals surface area contributed by atoms with Crippen molar-refractivity contribution in [3.63, 3.8) is 0 Å². The molecule has 2 rings (SSSR count). The zero-order valence-electron chi connectivity index (χ0n) is 11.6. The van der Waals surface area contributed by atoms with Gasteiger partial charge in [-0.15, -0.1) is 11.6 Å². The summed E-state index contributed by atoms with van der Waals surface area (Å²) in [5.74, 6) is -1.20. The third-order valence-corrected chi connectivity index (χ3v) is 3.37. The maximum atomic E-state index is 12.3. The van der Waals surface area contributed by atoms with Crippen molar-refractivity contribution in [2.24, 2.45) is 0 Å². The van der Waals surface area contributed by atoms with Gasteiger partial charge in [-0.2, -0.15) is 0 Å². The summed E-state index contributed by atoms with van der Waals surface area (Å²) in [7, 11) is 0. The van der Waals surface area contributed by atoms with E-state index < -0.39 is 11.7 Å². The minimum Gasteiger partial charge on any atom is -0.322 e. The number of carbonyl (C=O) groups is 2. The van der Waals surface area contributed by atoms with Crippen LogP contribution >= 0.6 is 23.2 Å². The quantitative estimate of drug-likeness (QED) is 0.386. The molecule has 0 aliphatic carbocycles. The van der Waals surface area contributed by atoms with Crippen LogP contribution in [0.1, 0.15) is 5.56 Å². The lowest BCUT2D eigenvalue weighted by Crippen LogP contribution is -2.21. The van der Waals surface area contributed by atoms with Gasteiger partial charge in [-0.25, -0.2) is 0 Å². The summed E-state index contributed by atoms with van der Waals surface area (Å²) in [5.41, 5.74) is 1.30. The molecular weight excluding hydrogens is 321 g/mol. The van der Waals surface area contributed by atoms with Crippen molar-refractivity contribution in [3.8, 4) is 0 Å². The number of halogens is 2. The molecule has 112 valence electrons. The van der Waals surface area contributed by atoms with Gasteiger partial charge in [0.15, 0.2) is 5.78 Å². The normalized spacial score (nSPS) is 11.1. The minimum atomic E-state index is -0.494. The van der Waals surface area contributed by atoms with E-state index in [4.69, 9.17) is 23.2 Å². The van der Waals surface area contributed by atoms with Gasteiger partial charge in [0.2, 0.25) is 0 Å². The van der Waals surface area contributed by atoms with E-state index in [1.165, 1.54) is 6.08 Å². The van der Waals surface area contributed by atoms with Crippen LogP contribution in [0.5, 0.6) is 0 Å². The number of hydrogen-bond donors (Lipinski definition) is 1. The van der Waals surface area contributed by atoms with E-state index in [9.17, 15) is 9.59 Å². The Kier molecular flexibility index (Phi) is 5.75. The first kappa shape index (κ1) is 16.3. The molecule has 0 fully saturated rings. The van der Waals surface area contributed by atoms with Gasteiger partial charge in [-0.3, -0.25) is 9.59 Å². The summed E-state index contributed by atoms with van der Waals surface area (Å²) in [6.45, 7) is 0. The smallest absolute Gasteiger partial charge is 0.259 e. The van der Waals surface area contributed by atoms with Gasteiger partial charge in [0.1, 0.15) is 0 Å². The molecule has 22 heavy (non-hydrogen) atoms. The summed E-state index contributed by atoms with van der Waals surface area (Å²) < 4.78 is 0. The highest BCUT2D eigenvalue weighted by molar-refractivity contribution is 6.37. The largest absolute Gasteiger partial charge is 0.322 e. The van der Waals surface area contributed by atoms with Crippen molar-refractivity contribution in [2.75, 3.05) is 11.2 Å². The molecule has 0 atom stereocenters. The fourth-order valence-corrected chi connectivity index (χ4v) is 2.06. The Balaban J connectivity index is 2.27. The molecular formula is C17H13Cl2NO2. The fourth-order valence-electron chi connectivity index (χ4n) is 1.79. The average molecular weight is 334 g/mol. The predicted molar refractivity (Wildman–Crippen MR) is 90.2 cm³/mol. The van der Waals surface area contributed by atoms with Gasteiger partial charge in [0.05, 0.1) is 11.5 Å². The Morgan fingerprint density at radius 3 is 2.23 bits per heavy atom. The van der Waals surface area contributed by atoms with Crippen molar-refractivity contribution in [2.45, 2.75) is 0 Å². The van der Waals surface area contributed by atoms with E-state index in [0.717, 1.165) is 0 Å². The van der Waals surface area contributed by atoms with E-state index in [0.29, 0.717) is 16.3 Å². The Bertz CT molecular complexity index is 694. The van der Waals surface area contributed by atoms with E-state index in [2.05, 4.69) is 5.32 Å². The number of amides is 1. The van der Waals surface area contributed by atoms with Gasteiger partial charge in [-0.05, 0) is 35.9 Å². The second-order valence-electron chi connectivity index (χ2n) is 4.49. The summed E-state index contributed by atoms with van der Waals surface area (Å²) in [6.07, 6.45) is 1.50. The molecule has 0 aliphatic heterocycles. The van der Waals surface area contributed by atoms with Crippen LogP contribution in [0.3, 0.4) is 0 Å². The summed E-state index contributed by atoms with van der Waals surface area (Å²) in [6, 6.07) is 15.7. The van der Waals surface area contributed by atoms with Gasteiger partial charge < -0.3 is 5.32 Å². The van der Waals surface area contributed by atoms with Gasteiger partial charge in [0, 0.05) is 10.7 Å². The lowest BCUT2D eigenvalue weighted by atomic mass is 10.1. The second kappa shape index (κ2) is 7.78. The standard InChI is InChI=1S/C17H13Cl2NO2/c18-11-16(21)15(10-12-6-8-13(19)9-7-12)17(22)20-14-4-2-1-3-5-14/h1-10H,11H2,(H,20,22). The number of carbonyl (C=O) groups excluding carboxylic acids is 2. The van der Waals surface area contributed by atoms with Crippen molar-refractivity contribution in [1.29, 1.82) is 0 Å². The molecule has 0 saturated heterocycles. The molecule has 1 N–H and O–H groups in total. The Morgan fingerprint density at radius 2 is 1.64 bits per heavy atom. The second-order valence-corrected chi connectivity index (χ2v) is 5.19. The van der Waals surface area contributed by atoms with Crippen LogP contribution in [0.25, 0.3) is 6.08 Å². The molecule has 2 aromatic rings. The summed E-state index contributed by atoms with van der Waals surface area (Å²) in [4.78, 5) is 24.2. The SMILES string of the molecule is O=C(CCl)C(=Cc1ccc(Cl)cc1)C(=O)Nc1ccccc1. The van der Waals surface area contributed by atoms with Crippen molar-refractivity contribution < 1.29 is 9.59 Å². The van der Waals surface area contributed by atoms with E-state index >= 15 is 0 Å². The monoisotopic (exact) mass is 333 g/mol. The summed E-state index contributed by atoms with van der Waals surface area (Å²) in [5, 5.41) is 3.26. The maximum absolute atomic E-state index is 12.3. The number of rotatable bonds is 5. The van der Waals surface area contributed by atoms with Crippen LogP contribution in [-0.4, -0.2) is 17.6 Å². The topological polar surface area (TPSA) is 46.2 Å². The van der Waals surface area contributed by atoms with Crippen LogP contribution < -0.4 is 5.32 Å². The first-order valence-corrected chi connectivity index (χ1v) is 7.44. The van der Waals surface area contributed by atoms with Gasteiger partial charge in [-0.1, -0.05) is 41.9 Å². The third-order valence-electron chi connectivity index (χ3n) is 2.88. The molecule has 0 bridgehead atoms. The molecule has 5 heteroatoms. The number of hydrogen-bond acceptors (Lipinski definition) is 2. The molecule has 2 aromatic carbocycles. The van der Waals surface area contributed by atoms with Crippen LogP contribution in [-0.2, 0) is 9.59 Å². The highest BCUT2D eigenvalue weighted by Crippen LogP contribution is 2.15. The third kappa shape index (κ3) is 4.45. The summed E-state index contributed by atoms with van der Waals surface area (Å²) >= 11 is 11.4. The van der Waals surface area contributed by atoms with Crippen molar-refractivity contribution in [3.05, 3.63) is 70.8 Å². The van der Waals surface area contributed by atoms with E-state index in [-0.39, 0.29) is 11.5 Å². The maximum Gasteiger partial charge on any atom is 0.259 e. The van der Waals surface area contributed by atoms with Gasteiger partial charge in [0.25, 0.3) is 5.91 Å². The van der Waals surface area contributed by atoms with Crippen LogP contribution in [0.4, 0.5) is 5.69 Å². The number of nitrogens with one attached hydrogen (secondary N) is 1. The van der Waals surface area contributed by atoms with Crippen molar-refractivity contribution in [1.82, 2.24) is 0 Å². The van der Waals surface area contributed by atoms with Gasteiger partial charge >= 0.3 is 0 Å². The minimum absolute atomic E-state index is 0.00109. The number of alkyl halides is 1. The first-order chi connectivity index (χ1) is 10.6. The highest BCUT2D eigenvalue weighted by Gasteiger charge is 2.17. The molecule has 0 radical (unpaired) electrons. The molecule has 0 unspecified atom stereocenters. The van der Waals surface area contributed by atoms with E-state index in [1.54, 1.807) is 48.5 Å². The molecule has 0 heterocycles. The fraction of sp³-hybridized carbons (Fsp3) is 0.0588. The predicted octanol–water partition coefficient (Wildman–Crippen LogP) is 4.17. The number of benzene rings is 2. The molecule has 0 aromatic heterocycles. The molecule has 0 aliphatic rings. The Hall–Kier alpha value is -2.10. The van der Waals surface area contributed by atoms with Crippen molar-refractivity contribution >= 4 is 46.7 Å². The molecule has 0 saturated carbocycles. The van der Waals surface area contributed by atoms with Crippen LogP contribution in [0.15, 0.2) is 60.2 Å². The molecule has 3 nitrogen and oxygen atoms in total. The molecule has 0 spiro atoms. The molecule has 1 amide bonds. The lowest BCUT2D eigenvalue weighted by molar-refractivity contribution is -0.118. The van der Waals surface area contributed by atoms with E-state index in [1.807, 2.05) is 6.07 Å². The number of para-hydroxylation sites is 1. The zero-order chi connectivity index (χ0) is 15.9. The van der Waals surface area contributed by atoms with Crippen LogP contribution in [0, 0.1) is 0 Å². The Labute approximate surface area is 138 Å². The first-order valence-electron chi connectivity index (χ1n) is 6.53. The van der Waals surface area contributed by atoms with Crippen LogP contribution in [0.2, 0.25) is 5.02 Å². The lowest BCUT2D eigenvalue weighted by Gasteiger charge is -2.07. The average Bonchev–Trinajstić information content (AvgIpc) is 2.54. The number of ketones is 1. The number of Topliss-reactive ketones (excluding diaryl/α,β-unsaturated/α-hetero) is 1. The Morgan fingerprint density at radius 1 is 1.00 bits per heavy atom. The zero-order valence-corrected chi connectivity index (χ0v) is 13.1. The highest BCUT2D eigenvalue weighted by atomic mass is 35.5. The number of anilines is 1.